The van der Waals surface area contributed by atoms with Crippen LogP contribution in [0.15, 0.2) is 12.1 Å². The van der Waals surface area contributed by atoms with Crippen molar-refractivity contribution in [3.05, 3.63) is 26.4 Å². The van der Waals surface area contributed by atoms with Crippen molar-refractivity contribution in [2.24, 2.45) is 0 Å². The molecular weight excluding hydrogens is 304 g/mol. The van der Waals surface area contributed by atoms with E-state index in [9.17, 15) is 4.79 Å². The zero-order valence-electron chi connectivity index (χ0n) is 10.3. The van der Waals surface area contributed by atoms with Crippen LogP contribution in [0.1, 0.15) is 28.0 Å². The minimum Gasteiger partial charge on any atom is -0.360 e. The number of carbonyl (C=O) groups excluding carboxylic acids is 1. The summed E-state index contributed by atoms with van der Waals surface area (Å²) in [4.78, 5) is 12.9. The summed E-state index contributed by atoms with van der Waals surface area (Å²) in [6.07, 6.45) is 1.00. The Morgan fingerprint density at radius 1 is 1.37 bits per heavy atom. The first-order chi connectivity index (χ1) is 9.19. The van der Waals surface area contributed by atoms with Gasteiger partial charge in [-0.05, 0) is 18.6 Å². The van der Waals surface area contributed by atoms with Gasteiger partial charge in [0.25, 0.3) is 5.91 Å². The number of carbonyl (C=O) groups is 1. The minimum atomic E-state index is -0.216. The molecule has 0 aliphatic carbocycles. The fourth-order valence-corrected chi connectivity index (χ4v) is 3.02. The molecule has 0 aromatic carbocycles. The summed E-state index contributed by atoms with van der Waals surface area (Å²) in [7, 11) is 0. The SMILES string of the molecule is CCCNc1nnc(C(=O)NCc2ccc(Cl)s2)s1. The Bertz CT molecular complexity index is 554. The van der Waals surface area contributed by atoms with Gasteiger partial charge in [0, 0.05) is 11.4 Å². The van der Waals surface area contributed by atoms with Crippen LogP contribution in [-0.4, -0.2) is 22.6 Å². The molecule has 8 heteroatoms. The van der Waals surface area contributed by atoms with Gasteiger partial charge in [-0.25, -0.2) is 0 Å². The number of thiophene rings is 1. The maximum absolute atomic E-state index is 11.9. The standard InChI is InChI=1S/C11H13ClN4OS2/c1-2-5-13-11-16-15-10(19-11)9(17)14-6-7-3-4-8(12)18-7/h3-4H,2,5-6H2,1H3,(H,13,16)(H,14,17). The summed E-state index contributed by atoms with van der Waals surface area (Å²) < 4.78 is 0.714. The lowest BCUT2D eigenvalue weighted by molar-refractivity contribution is 0.0950. The van der Waals surface area contributed by atoms with Crippen LogP contribution in [0.2, 0.25) is 4.34 Å². The average molecular weight is 317 g/mol. The van der Waals surface area contributed by atoms with Crippen molar-refractivity contribution in [3.8, 4) is 0 Å². The molecule has 102 valence electrons. The molecular formula is C11H13ClN4OS2. The third-order valence-corrected chi connectivity index (χ3v) is 4.31. The fraction of sp³-hybridized carbons (Fsp3) is 0.364. The van der Waals surface area contributed by atoms with E-state index in [1.807, 2.05) is 12.1 Å². The van der Waals surface area contributed by atoms with E-state index in [1.54, 1.807) is 0 Å². The predicted octanol–water partition coefficient (Wildman–Crippen LogP) is 3.00. The van der Waals surface area contributed by atoms with Crippen molar-refractivity contribution < 1.29 is 4.79 Å². The number of anilines is 1. The summed E-state index contributed by atoms with van der Waals surface area (Å²) in [5.41, 5.74) is 0. The molecule has 0 aliphatic heterocycles. The van der Waals surface area contributed by atoms with E-state index in [0.29, 0.717) is 21.0 Å². The number of halogens is 1. The quantitative estimate of drug-likeness (QED) is 0.859. The lowest BCUT2D eigenvalue weighted by Gasteiger charge is -1.99. The molecule has 0 aliphatic rings. The number of hydrogen-bond donors (Lipinski definition) is 2. The molecule has 19 heavy (non-hydrogen) atoms. The second kappa shape index (κ2) is 6.83. The van der Waals surface area contributed by atoms with Gasteiger partial charge in [-0.3, -0.25) is 4.79 Å². The van der Waals surface area contributed by atoms with Crippen molar-refractivity contribution in [1.29, 1.82) is 0 Å². The van der Waals surface area contributed by atoms with Gasteiger partial charge >= 0.3 is 0 Å². The van der Waals surface area contributed by atoms with E-state index >= 15 is 0 Å². The molecule has 0 atom stereocenters. The Morgan fingerprint density at radius 2 is 2.21 bits per heavy atom. The van der Waals surface area contributed by atoms with Gasteiger partial charge < -0.3 is 10.6 Å². The molecule has 2 rings (SSSR count). The van der Waals surface area contributed by atoms with Crippen molar-refractivity contribution in [2.75, 3.05) is 11.9 Å². The highest BCUT2D eigenvalue weighted by molar-refractivity contribution is 7.17. The van der Waals surface area contributed by atoms with E-state index in [0.717, 1.165) is 17.8 Å². The van der Waals surface area contributed by atoms with E-state index < -0.39 is 0 Å². The van der Waals surface area contributed by atoms with E-state index in [-0.39, 0.29) is 5.91 Å². The average Bonchev–Trinajstić information content (AvgIpc) is 3.02. The van der Waals surface area contributed by atoms with E-state index in [2.05, 4.69) is 27.8 Å². The molecule has 2 N–H and O–H groups in total. The summed E-state index contributed by atoms with van der Waals surface area (Å²) >= 11 is 8.52. The normalized spacial score (nSPS) is 10.4. The zero-order chi connectivity index (χ0) is 13.7. The van der Waals surface area contributed by atoms with Crippen LogP contribution in [0, 0.1) is 0 Å². The lowest BCUT2D eigenvalue weighted by atomic mass is 10.4. The third-order valence-electron chi connectivity index (χ3n) is 2.20. The highest BCUT2D eigenvalue weighted by atomic mass is 35.5. The van der Waals surface area contributed by atoms with Crippen molar-refractivity contribution in [3.63, 3.8) is 0 Å². The number of amides is 1. The second-order valence-corrected chi connectivity index (χ2v) is 6.50. The van der Waals surface area contributed by atoms with Crippen molar-refractivity contribution >= 4 is 45.3 Å². The van der Waals surface area contributed by atoms with Gasteiger partial charge in [-0.1, -0.05) is 29.9 Å². The van der Waals surface area contributed by atoms with Crippen molar-refractivity contribution in [2.45, 2.75) is 19.9 Å². The molecule has 2 heterocycles. The molecule has 0 saturated carbocycles. The minimum absolute atomic E-state index is 0.216. The molecule has 2 aromatic heterocycles. The van der Waals surface area contributed by atoms with E-state index in [4.69, 9.17) is 11.6 Å². The molecule has 5 nitrogen and oxygen atoms in total. The van der Waals surface area contributed by atoms with Crippen LogP contribution in [0.4, 0.5) is 5.13 Å². The Hall–Kier alpha value is -1.18. The first-order valence-corrected chi connectivity index (χ1v) is 7.80. The van der Waals surface area contributed by atoms with Crippen molar-refractivity contribution in [1.82, 2.24) is 15.5 Å². The zero-order valence-corrected chi connectivity index (χ0v) is 12.7. The van der Waals surface area contributed by atoms with Crippen LogP contribution in [0.25, 0.3) is 0 Å². The van der Waals surface area contributed by atoms with Crippen LogP contribution in [0.5, 0.6) is 0 Å². The molecule has 0 spiro atoms. The largest absolute Gasteiger partial charge is 0.360 e. The predicted molar refractivity (Wildman–Crippen MR) is 79.2 cm³/mol. The molecule has 0 fully saturated rings. The maximum Gasteiger partial charge on any atom is 0.282 e. The monoisotopic (exact) mass is 316 g/mol. The lowest BCUT2D eigenvalue weighted by Crippen LogP contribution is -2.22. The Balaban J connectivity index is 1.87. The molecule has 0 unspecified atom stereocenters. The summed E-state index contributed by atoms with van der Waals surface area (Å²) in [6, 6.07) is 3.70. The topological polar surface area (TPSA) is 66.9 Å². The number of nitrogens with zero attached hydrogens (tertiary/aromatic N) is 2. The number of rotatable bonds is 6. The number of nitrogens with one attached hydrogen (secondary N) is 2. The highest BCUT2D eigenvalue weighted by Gasteiger charge is 2.12. The van der Waals surface area contributed by atoms with Crippen LogP contribution in [0.3, 0.4) is 0 Å². The van der Waals surface area contributed by atoms with Gasteiger partial charge in [-0.2, -0.15) is 0 Å². The van der Waals surface area contributed by atoms with Gasteiger partial charge in [0.2, 0.25) is 10.1 Å². The van der Waals surface area contributed by atoms with Gasteiger partial charge in [-0.15, -0.1) is 21.5 Å². The number of aromatic nitrogens is 2. The third kappa shape index (κ3) is 4.15. The first-order valence-electron chi connectivity index (χ1n) is 5.79. The maximum atomic E-state index is 11.9. The summed E-state index contributed by atoms with van der Waals surface area (Å²) in [5, 5.41) is 14.7. The molecule has 0 radical (unpaired) electrons. The highest BCUT2D eigenvalue weighted by Crippen LogP contribution is 2.21. The molecule has 0 bridgehead atoms. The van der Waals surface area contributed by atoms with Crippen LogP contribution in [-0.2, 0) is 6.54 Å². The smallest absolute Gasteiger partial charge is 0.282 e. The fourth-order valence-electron chi connectivity index (χ4n) is 1.31. The molecule has 2 aromatic rings. The first kappa shape index (κ1) is 14.2. The number of hydrogen-bond acceptors (Lipinski definition) is 6. The van der Waals surface area contributed by atoms with Gasteiger partial charge in [0.1, 0.15) is 0 Å². The Labute approximate surface area is 124 Å². The van der Waals surface area contributed by atoms with Gasteiger partial charge in [0.15, 0.2) is 0 Å². The Kier molecular flexibility index (Phi) is 5.12. The summed E-state index contributed by atoms with van der Waals surface area (Å²) in [6.45, 7) is 3.34. The second-order valence-electron chi connectivity index (χ2n) is 3.73. The van der Waals surface area contributed by atoms with E-state index in [1.165, 1.54) is 22.7 Å². The van der Waals surface area contributed by atoms with Crippen LogP contribution < -0.4 is 10.6 Å². The van der Waals surface area contributed by atoms with Gasteiger partial charge in [0.05, 0.1) is 10.9 Å². The summed E-state index contributed by atoms with van der Waals surface area (Å²) in [5.74, 6) is -0.216. The van der Waals surface area contributed by atoms with Crippen LogP contribution >= 0.6 is 34.3 Å². The Morgan fingerprint density at radius 3 is 2.89 bits per heavy atom. The molecule has 1 amide bonds. The molecule has 0 saturated heterocycles.